The molecule has 11 rings (SSSR count). The third-order valence-corrected chi connectivity index (χ3v) is 12.8. The number of fused-ring (bicyclic) bond motifs is 9. The van der Waals surface area contributed by atoms with Gasteiger partial charge in [0.1, 0.15) is 0 Å². The van der Waals surface area contributed by atoms with Crippen molar-refractivity contribution in [1.29, 1.82) is 5.26 Å². The van der Waals surface area contributed by atoms with Crippen LogP contribution >= 0.6 is 11.8 Å². The number of nitrogens with zero attached hydrogens (tertiary/aromatic N) is 3. The van der Waals surface area contributed by atoms with Crippen LogP contribution in [0.25, 0.3) is 67.3 Å². The Morgan fingerprint density at radius 3 is 1.57 bits per heavy atom. The Labute approximate surface area is 342 Å². The van der Waals surface area contributed by atoms with Crippen LogP contribution in [0.1, 0.15) is 27.8 Å². The third kappa shape index (κ3) is 5.36. The van der Waals surface area contributed by atoms with Gasteiger partial charge in [-0.3, -0.25) is 0 Å². The molecule has 0 N–H and O–H groups in total. The van der Waals surface area contributed by atoms with Crippen LogP contribution in [-0.4, -0.2) is 9.97 Å². The van der Waals surface area contributed by atoms with E-state index in [1.807, 2.05) is 54.2 Å². The topological polar surface area (TPSA) is 49.6 Å². The molecule has 8 aromatic carbocycles. The predicted molar refractivity (Wildman–Crippen MR) is 235 cm³/mol. The fraction of sp³-hybridized carbons (Fsp3) is 0.0185. The molecule has 1 spiro atoms. The van der Waals surface area contributed by atoms with Crippen molar-refractivity contribution in [2.24, 2.45) is 0 Å². The van der Waals surface area contributed by atoms with Crippen molar-refractivity contribution in [3.63, 3.8) is 0 Å². The highest BCUT2D eigenvalue weighted by Gasteiger charge is 2.50. The van der Waals surface area contributed by atoms with Crippen LogP contribution in [-0.2, 0) is 5.41 Å². The summed E-state index contributed by atoms with van der Waals surface area (Å²) in [5.41, 5.74) is 16.4. The molecular formula is C54H33N3S. The van der Waals surface area contributed by atoms with Crippen molar-refractivity contribution in [2.45, 2.75) is 15.2 Å². The highest BCUT2D eigenvalue weighted by molar-refractivity contribution is 7.99. The maximum absolute atomic E-state index is 10.1. The van der Waals surface area contributed by atoms with E-state index in [1.54, 1.807) is 0 Å². The summed E-state index contributed by atoms with van der Waals surface area (Å²) in [5, 5.41) is 10.1. The summed E-state index contributed by atoms with van der Waals surface area (Å²) < 4.78 is 0. The molecule has 0 saturated carbocycles. The number of hydrogen-bond donors (Lipinski definition) is 0. The molecule has 0 bridgehead atoms. The predicted octanol–water partition coefficient (Wildman–Crippen LogP) is 13.5. The van der Waals surface area contributed by atoms with Crippen LogP contribution < -0.4 is 0 Å². The highest BCUT2D eigenvalue weighted by Crippen LogP contribution is 2.63. The van der Waals surface area contributed by atoms with E-state index >= 15 is 0 Å². The first-order valence-corrected chi connectivity index (χ1v) is 20.3. The van der Waals surface area contributed by atoms with Crippen LogP contribution in [0, 0.1) is 11.3 Å². The van der Waals surface area contributed by atoms with Gasteiger partial charge >= 0.3 is 0 Å². The normalized spacial score (nSPS) is 12.9. The number of rotatable bonds is 5. The molecule has 270 valence electrons. The van der Waals surface area contributed by atoms with Gasteiger partial charge in [0.15, 0.2) is 5.82 Å². The molecule has 2 aliphatic rings. The van der Waals surface area contributed by atoms with Crippen molar-refractivity contribution < 1.29 is 0 Å². The van der Waals surface area contributed by atoms with Gasteiger partial charge in [0.25, 0.3) is 0 Å². The first-order valence-electron chi connectivity index (χ1n) is 19.5. The Balaban J connectivity index is 1.16. The summed E-state index contributed by atoms with van der Waals surface area (Å²) in [6.45, 7) is 0. The second kappa shape index (κ2) is 13.7. The van der Waals surface area contributed by atoms with Crippen LogP contribution in [0.4, 0.5) is 0 Å². The summed E-state index contributed by atoms with van der Waals surface area (Å²) in [5.74, 6) is 0.683. The van der Waals surface area contributed by atoms with Crippen LogP contribution in [0.5, 0.6) is 0 Å². The Morgan fingerprint density at radius 2 is 0.897 bits per heavy atom. The van der Waals surface area contributed by atoms with Gasteiger partial charge in [0, 0.05) is 26.5 Å². The molecule has 0 unspecified atom stereocenters. The van der Waals surface area contributed by atoms with E-state index in [4.69, 9.17) is 9.97 Å². The Morgan fingerprint density at radius 1 is 0.379 bits per heavy atom. The van der Waals surface area contributed by atoms with Gasteiger partial charge in [-0.1, -0.05) is 169 Å². The highest BCUT2D eigenvalue weighted by atomic mass is 32.2. The minimum Gasteiger partial charge on any atom is -0.228 e. The van der Waals surface area contributed by atoms with E-state index in [9.17, 15) is 5.26 Å². The van der Waals surface area contributed by atoms with E-state index in [2.05, 4.69) is 164 Å². The van der Waals surface area contributed by atoms with Gasteiger partial charge in [-0.25, -0.2) is 9.97 Å². The first kappa shape index (κ1) is 34.0. The summed E-state index contributed by atoms with van der Waals surface area (Å²) in [6.07, 6.45) is 0. The zero-order valence-electron chi connectivity index (χ0n) is 31.3. The lowest BCUT2D eigenvalue weighted by molar-refractivity contribution is 0.723. The van der Waals surface area contributed by atoms with Crippen molar-refractivity contribution in [2.75, 3.05) is 0 Å². The standard InChI is InChI=1S/C54H33N3S/c55-34-41-18-7-8-21-42(41)38-26-28-43-44-29-27-40(32-48(44)54(47(43)31-38)45-22-9-11-24-51(45)58-52-25-12-10-23-46(52)54)50-33-49(56-53(57-50)36-16-5-2-6-17-36)39-20-13-19-37(30-39)35-14-3-1-4-15-35/h1-33H. The number of hydrogen-bond acceptors (Lipinski definition) is 4. The van der Waals surface area contributed by atoms with E-state index in [1.165, 1.54) is 43.2 Å². The average molecular weight is 756 g/mol. The molecule has 58 heavy (non-hydrogen) atoms. The second-order valence-corrected chi connectivity index (χ2v) is 15.9. The largest absolute Gasteiger partial charge is 0.228 e. The minimum atomic E-state index is -0.612. The Hall–Kier alpha value is -7.32. The summed E-state index contributed by atoms with van der Waals surface area (Å²) in [7, 11) is 0. The fourth-order valence-electron chi connectivity index (χ4n) is 9.01. The maximum atomic E-state index is 10.1. The monoisotopic (exact) mass is 755 g/mol. The van der Waals surface area contributed by atoms with Gasteiger partial charge < -0.3 is 0 Å². The Bertz CT molecular complexity index is 3060. The minimum absolute atomic E-state index is 0.612. The lowest BCUT2D eigenvalue weighted by Gasteiger charge is -2.40. The molecule has 0 atom stereocenters. The lowest BCUT2D eigenvalue weighted by atomic mass is 9.67. The SMILES string of the molecule is N#Cc1ccccc1-c1ccc2c(c1)C1(c3ccccc3Sc3ccccc31)c1cc(-c3cc(-c4cccc(-c5ccccc5)c4)nc(-c4ccccc4)n3)ccc1-2. The fourth-order valence-corrected chi connectivity index (χ4v) is 10.2. The molecular weight excluding hydrogens is 723 g/mol. The number of benzene rings is 8. The third-order valence-electron chi connectivity index (χ3n) is 11.6. The molecule has 0 radical (unpaired) electrons. The second-order valence-electron chi connectivity index (χ2n) is 14.8. The van der Waals surface area contributed by atoms with Crippen molar-refractivity contribution in [3.05, 3.63) is 228 Å². The average Bonchev–Trinajstić information content (AvgIpc) is 3.58. The molecule has 0 amide bonds. The molecule has 9 aromatic rings. The maximum Gasteiger partial charge on any atom is 0.160 e. The van der Waals surface area contributed by atoms with Gasteiger partial charge in [0.2, 0.25) is 0 Å². The van der Waals surface area contributed by atoms with Gasteiger partial charge in [-0.15, -0.1) is 0 Å². The van der Waals surface area contributed by atoms with Crippen molar-refractivity contribution in [1.82, 2.24) is 9.97 Å². The summed E-state index contributed by atoms with van der Waals surface area (Å²) in [4.78, 5) is 13.0. The van der Waals surface area contributed by atoms with Crippen molar-refractivity contribution >= 4 is 11.8 Å². The van der Waals surface area contributed by atoms with Gasteiger partial charge in [0.05, 0.1) is 28.4 Å². The van der Waals surface area contributed by atoms with E-state index in [0.29, 0.717) is 11.4 Å². The molecule has 0 saturated heterocycles. The number of aromatic nitrogens is 2. The molecule has 2 heterocycles. The first-order chi connectivity index (χ1) is 28.7. The lowest BCUT2D eigenvalue weighted by Crippen LogP contribution is -2.32. The van der Waals surface area contributed by atoms with E-state index in [-0.39, 0.29) is 0 Å². The molecule has 3 nitrogen and oxygen atoms in total. The number of nitriles is 1. The zero-order valence-corrected chi connectivity index (χ0v) is 32.1. The quantitative estimate of drug-likeness (QED) is 0.175. The molecule has 1 aromatic heterocycles. The summed E-state index contributed by atoms with van der Waals surface area (Å²) >= 11 is 1.83. The molecule has 0 fully saturated rings. The van der Waals surface area contributed by atoms with Gasteiger partial charge in [-0.2, -0.15) is 5.26 Å². The van der Waals surface area contributed by atoms with Crippen LogP contribution in [0.15, 0.2) is 210 Å². The zero-order chi connectivity index (χ0) is 38.6. The van der Waals surface area contributed by atoms with E-state index < -0.39 is 5.41 Å². The van der Waals surface area contributed by atoms with Crippen molar-refractivity contribution in [3.8, 4) is 73.4 Å². The van der Waals surface area contributed by atoms with Crippen LogP contribution in [0.2, 0.25) is 0 Å². The van der Waals surface area contributed by atoms with E-state index in [0.717, 1.165) is 50.3 Å². The van der Waals surface area contributed by atoms with Crippen LogP contribution in [0.3, 0.4) is 0 Å². The Kier molecular flexibility index (Phi) is 8.03. The molecule has 4 heteroatoms. The summed E-state index contributed by atoms with van der Waals surface area (Å²) in [6, 6.07) is 73.2. The molecule has 1 aliphatic carbocycles. The smallest absolute Gasteiger partial charge is 0.160 e. The molecule has 1 aliphatic heterocycles. The van der Waals surface area contributed by atoms with Gasteiger partial charge in [-0.05, 0) is 98.1 Å².